The Kier molecular flexibility index (Phi) is 7.12. The van der Waals surface area contributed by atoms with Crippen molar-refractivity contribution >= 4 is 17.7 Å². The lowest BCUT2D eigenvalue weighted by Crippen LogP contribution is -2.33. The van der Waals surface area contributed by atoms with Crippen molar-refractivity contribution in [2.45, 2.75) is 44.8 Å². The van der Waals surface area contributed by atoms with Crippen LogP contribution in [0, 0.1) is 0 Å². The fraction of sp³-hybridized carbons (Fsp3) is 0.471. The molecule has 136 valence electrons. The fourth-order valence-corrected chi connectivity index (χ4v) is 3.06. The standard InChI is InChI=1S/C17H25N5O2S/c1-4-6-12(3)19-15(23)11-25-17-21-20-16(22(17)18)13-7-9-14(10-8-13)24-5-2/h7-10,12H,4-6,11,18H2,1-3H3,(H,19,23)/t12-/m0/s1. The zero-order valence-electron chi connectivity index (χ0n) is 14.9. The van der Waals surface area contributed by atoms with Crippen LogP contribution in [0.1, 0.15) is 33.6 Å². The van der Waals surface area contributed by atoms with Gasteiger partial charge < -0.3 is 15.9 Å². The van der Waals surface area contributed by atoms with Crippen LogP contribution >= 0.6 is 11.8 Å². The maximum absolute atomic E-state index is 11.9. The second kappa shape index (κ2) is 9.31. The molecule has 1 amide bonds. The highest BCUT2D eigenvalue weighted by atomic mass is 32.2. The molecular weight excluding hydrogens is 338 g/mol. The Bertz CT molecular complexity index is 687. The average molecular weight is 363 g/mol. The summed E-state index contributed by atoms with van der Waals surface area (Å²) >= 11 is 1.27. The number of thioether (sulfide) groups is 1. The Hall–Kier alpha value is -2.22. The first kappa shape index (κ1) is 19.1. The van der Waals surface area contributed by atoms with Crippen LogP contribution in [0.4, 0.5) is 0 Å². The summed E-state index contributed by atoms with van der Waals surface area (Å²) in [5.74, 6) is 7.64. The van der Waals surface area contributed by atoms with E-state index in [-0.39, 0.29) is 17.7 Å². The van der Waals surface area contributed by atoms with Gasteiger partial charge in [-0.3, -0.25) is 4.79 Å². The van der Waals surface area contributed by atoms with Crippen LogP contribution in [0.25, 0.3) is 11.4 Å². The predicted octanol–water partition coefficient (Wildman–Crippen LogP) is 2.45. The van der Waals surface area contributed by atoms with Crippen LogP contribution in [0.5, 0.6) is 5.75 Å². The van der Waals surface area contributed by atoms with E-state index in [1.807, 2.05) is 38.1 Å². The number of nitrogen functional groups attached to an aromatic ring is 1. The van der Waals surface area contributed by atoms with Gasteiger partial charge in [-0.05, 0) is 44.5 Å². The number of carbonyl (C=O) groups is 1. The molecule has 0 radical (unpaired) electrons. The zero-order valence-corrected chi connectivity index (χ0v) is 15.7. The Morgan fingerprint density at radius 1 is 1.32 bits per heavy atom. The third kappa shape index (κ3) is 5.38. The van der Waals surface area contributed by atoms with Gasteiger partial charge in [-0.1, -0.05) is 25.1 Å². The second-order valence-corrected chi connectivity index (χ2v) is 6.62. The summed E-state index contributed by atoms with van der Waals surface area (Å²) in [7, 11) is 0. The molecule has 0 aliphatic heterocycles. The molecule has 0 saturated carbocycles. The van der Waals surface area contributed by atoms with Crippen molar-refractivity contribution in [3.8, 4) is 17.1 Å². The van der Waals surface area contributed by atoms with E-state index in [0.717, 1.165) is 24.2 Å². The van der Waals surface area contributed by atoms with E-state index in [4.69, 9.17) is 10.6 Å². The molecule has 3 N–H and O–H groups in total. The first-order valence-electron chi connectivity index (χ1n) is 8.41. The van der Waals surface area contributed by atoms with Crippen LogP contribution in [0.3, 0.4) is 0 Å². The van der Waals surface area contributed by atoms with E-state index in [1.54, 1.807) is 0 Å². The Balaban J connectivity index is 1.97. The maximum atomic E-state index is 11.9. The number of hydrogen-bond donors (Lipinski definition) is 2. The van der Waals surface area contributed by atoms with Crippen molar-refractivity contribution in [1.82, 2.24) is 20.2 Å². The second-order valence-electron chi connectivity index (χ2n) is 5.68. The van der Waals surface area contributed by atoms with E-state index in [2.05, 4.69) is 22.4 Å². The van der Waals surface area contributed by atoms with Gasteiger partial charge in [-0.25, -0.2) is 4.68 Å². The largest absolute Gasteiger partial charge is 0.494 e. The SMILES string of the molecule is CCC[C@H](C)NC(=O)CSc1nnc(-c2ccc(OCC)cc2)n1N. The number of benzene rings is 1. The lowest BCUT2D eigenvalue weighted by atomic mass is 10.2. The van der Waals surface area contributed by atoms with Crippen molar-refractivity contribution in [2.24, 2.45) is 0 Å². The van der Waals surface area contributed by atoms with Gasteiger partial charge in [0.2, 0.25) is 11.1 Å². The van der Waals surface area contributed by atoms with E-state index >= 15 is 0 Å². The van der Waals surface area contributed by atoms with Gasteiger partial charge in [0, 0.05) is 11.6 Å². The number of rotatable bonds is 9. The molecule has 25 heavy (non-hydrogen) atoms. The number of aromatic nitrogens is 3. The number of ether oxygens (including phenoxy) is 1. The molecule has 0 aliphatic rings. The van der Waals surface area contributed by atoms with Crippen LogP contribution in [-0.2, 0) is 4.79 Å². The minimum absolute atomic E-state index is 0.0310. The van der Waals surface area contributed by atoms with Crippen molar-refractivity contribution in [2.75, 3.05) is 18.2 Å². The molecule has 1 aromatic heterocycles. The number of carbonyl (C=O) groups excluding carboxylic acids is 1. The number of nitrogens with two attached hydrogens (primary N) is 1. The van der Waals surface area contributed by atoms with Crippen molar-refractivity contribution in [1.29, 1.82) is 0 Å². The first-order valence-corrected chi connectivity index (χ1v) is 9.39. The van der Waals surface area contributed by atoms with Gasteiger partial charge in [-0.15, -0.1) is 10.2 Å². The number of nitrogens with one attached hydrogen (secondary N) is 1. The predicted molar refractivity (Wildman–Crippen MR) is 100 cm³/mol. The zero-order chi connectivity index (χ0) is 18.2. The molecule has 0 fully saturated rings. The Labute approximate surface area is 152 Å². The number of amides is 1. The summed E-state index contributed by atoms with van der Waals surface area (Å²) in [5.41, 5.74) is 0.839. The molecule has 2 rings (SSSR count). The van der Waals surface area contributed by atoms with Crippen LogP contribution in [0.15, 0.2) is 29.4 Å². The summed E-state index contributed by atoms with van der Waals surface area (Å²) in [6.45, 7) is 6.65. The monoisotopic (exact) mass is 363 g/mol. The van der Waals surface area contributed by atoms with E-state index in [9.17, 15) is 4.79 Å². The highest BCUT2D eigenvalue weighted by Gasteiger charge is 2.14. The summed E-state index contributed by atoms with van der Waals surface area (Å²) in [5, 5.41) is 11.7. The van der Waals surface area contributed by atoms with Gasteiger partial charge >= 0.3 is 0 Å². The highest BCUT2D eigenvalue weighted by molar-refractivity contribution is 7.99. The summed E-state index contributed by atoms with van der Waals surface area (Å²) in [6, 6.07) is 7.66. The molecule has 2 aromatic rings. The van der Waals surface area contributed by atoms with Crippen molar-refractivity contribution in [3.05, 3.63) is 24.3 Å². The average Bonchev–Trinajstić information content (AvgIpc) is 2.95. The van der Waals surface area contributed by atoms with Crippen LogP contribution in [0.2, 0.25) is 0 Å². The van der Waals surface area contributed by atoms with E-state index in [1.165, 1.54) is 16.4 Å². The molecule has 8 heteroatoms. The van der Waals surface area contributed by atoms with Gasteiger partial charge in [0.1, 0.15) is 5.75 Å². The summed E-state index contributed by atoms with van der Waals surface area (Å²) < 4.78 is 6.83. The molecule has 0 spiro atoms. The molecule has 1 aromatic carbocycles. The van der Waals surface area contributed by atoms with Crippen molar-refractivity contribution in [3.63, 3.8) is 0 Å². The molecule has 1 heterocycles. The smallest absolute Gasteiger partial charge is 0.230 e. The summed E-state index contributed by atoms with van der Waals surface area (Å²) in [4.78, 5) is 11.9. The molecule has 0 saturated heterocycles. The molecule has 0 aliphatic carbocycles. The van der Waals surface area contributed by atoms with Crippen LogP contribution < -0.4 is 15.9 Å². The lowest BCUT2D eigenvalue weighted by Gasteiger charge is -2.12. The Morgan fingerprint density at radius 2 is 2.04 bits per heavy atom. The molecule has 1 atom stereocenters. The first-order chi connectivity index (χ1) is 12.0. The highest BCUT2D eigenvalue weighted by Crippen LogP contribution is 2.23. The maximum Gasteiger partial charge on any atom is 0.230 e. The fourth-order valence-electron chi connectivity index (χ4n) is 2.39. The van der Waals surface area contributed by atoms with E-state index in [0.29, 0.717) is 17.6 Å². The molecule has 0 bridgehead atoms. The van der Waals surface area contributed by atoms with Gasteiger partial charge in [0.25, 0.3) is 0 Å². The quantitative estimate of drug-likeness (QED) is 0.525. The summed E-state index contributed by atoms with van der Waals surface area (Å²) in [6.07, 6.45) is 2.00. The van der Waals surface area contributed by atoms with Crippen molar-refractivity contribution < 1.29 is 9.53 Å². The van der Waals surface area contributed by atoms with Crippen LogP contribution in [-0.4, -0.2) is 39.2 Å². The number of hydrogen-bond acceptors (Lipinski definition) is 6. The molecular formula is C17H25N5O2S. The minimum atomic E-state index is -0.0310. The van der Waals surface area contributed by atoms with Gasteiger partial charge in [0.05, 0.1) is 12.4 Å². The third-order valence-electron chi connectivity index (χ3n) is 3.55. The molecule has 7 nitrogen and oxygen atoms in total. The molecule has 0 unspecified atom stereocenters. The topological polar surface area (TPSA) is 95.1 Å². The van der Waals surface area contributed by atoms with E-state index < -0.39 is 0 Å². The Morgan fingerprint density at radius 3 is 2.68 bits per heavy atom. The van der Waals surface area contributed by atoms with Gasteiger partial charge in [0.15, 0.2) is 5.82 Å². The lowest BCUT2D eigenvalue weighted by molar-refractivity contribution is -0.119. The third-order valence-corrected chi connectivity index (χ3v) is 4.49. The van der Waals surface area contributed by atoms with Gasteiger partial charge in [-0.2, -0.15) is 0 Å². The normalized spacial score (nSPS) is 12.0. The minimum Gasteiger partial charge on any atom is -0.494 e. The number of nitrogens with zero attached hydrogens (tertiary/aromatic N) is 3.